The van der Waals surface area contributed by atoms with Crippen LogP contribution in [-0.2, 0) is 0 Å². The van der Waals surface area contributed by atoms with Crippen molar-refractivity contribution in [2.75, 3.05) is 14.2 Å². The van der Waals surface area contributed by atoms with Gasteiger partial charge in [-0.1, -0.05) is 34.1 Å². The average Bonchev–Trinajstić information content (AvgIpc) is 2.43. The van der Waals surface area contributed by atoms with Gasteiger partial charge in [0.2, 0.25) is 0 Å². The topological polar surface area (TPSA) is 21.3 Å². The third-order valence-electron chi connectivity index (χ3n) is 3.91. The van der Waals surface area contributed by atoms with Gasteiger partial charge in [-0.15, -0.1) is 0 Å². The van der Waals surface area contributed by atoms with Gasteiger partial charge in [0.15, 0.2) is 0 Å². The van der Waals surface area contributed by atoms with Gasteiger partial charge in [-0.05, 0) is 62.2 Å². The number of hydrogen-bond donors (Lipinski definition) is 1. The van der Waals surface area contributed by atoms with Gasteiger partial charge >= 0.3 is 0 Å². The van der Waals surface area contributed by atoms with Crippen molar-refractivity contribution in [2.24, 2.45) is 0 Å². The number of rotatable bonds is 4. The molecule has 0 spiro atoms. The maximum Gasteiger partial charge on any atom is 0.127 e. The number of nitrogens with one attached hydrogen (secondary N) is 1. The van der Waals surface area contributed by atoms with E-state index < -0.39 is 0 Å². The normalized spacial score (nSPS) is 12.3. The smallest absolute Gasteiger partial charge is 0.127 e. The Bertz CT molecular complexity index is 632. The molecule has 0 aliphatic rings. The summed E-state index contributed by atoms with van der Waals surface area (Å²) in [6, 6.07) is 10.9. The molecule has 0 radical (unpaired) electrons. The highest BCUT2D eigenvalue weighted by atomic mass is 79.9. The van der Waals surface area contributed by atoms with Crippen LogP contribution in [0.2, 0.25) is 0 Å². The third-order valence-corrected chi connectivity index (χ3v) is 4.37. The van der Waals surface area contributed by atoms with E-state index in [9.17, 15) is 0 Å². The van der Waals surface area contributed by atoms with Crippen molar-refractivity contribution in [3.8, 4) is 5.75 Å². The molecular weight excluding hydrogens is 326 g/mol. The molecule has 1 N–H and O–H groups in total. The van der Waals surface area contributed by atoms with Crippen molar-refractivity contribution in [1.82, 2.24) is 5.32 Å². The Kier molecular flexibility index (Phi) is 5.07. The molecule has 2 rings (SSSR count). The summed E-state index contributed by atoms with van der Waals surface area (Å²) in [5.74, 6) is 0.965. The molecule has 3 heteroatoms. The molecule has 0 bridgehead atoms. The van der Waals surface area contributed by atoms with Crippen LogP contribution in [-0.4, -0.2) is 14.2 Å². The fourth-order valence-corrected chi connectivity index (χ4v) is 3.37. The molecule has 0 heterocycles. The maximum absolute atomic E-state index is 5.67. The lowest BCUT2D eigenvalue weighted by molar-refractivity contribution is 0.402. The molecule has 0 amide bonds. The molecule has 0 fully saturated rings. The van der Waals surface area contributed by atoms with Crippen LogP contribution in [0.5, 0.6) is 5.75 Å². The summed E-state index contributed by atoms with van der Waals surface area (Å²) < 4.78 is 6.77. The largest absolute Gasteiger partial charge is 0.496 e. The van der Waals surface area contributed by atoms with Gasteiger partial charge in [0.25, 0.3) is 0 Å². The standard InChI is InChI=1S/C18H22BrNO/c1-11-8-14(10-15(19)9-11)17(20-4)16-7-6-12(2)13(3)18(16)21-5/h6-10,17,20H,1-5H3. The first-order valence-electron chi connectivity index (χ1n) is 7.06. The van der Waals surface area contributed by atoms with E-state index >= 15 is 0 Å². The third kappa shape index (κ3) is 3.30. The second-order valence-corrected chi connectivity index (χ2v) is 6.33. The minimum atomic E-state index is 0.107. The van der Waals surface area contributed by atoms with Gasteiger partial charge in [0.1, 0.15) is 5.75 Å². The first-order chi connectivity index (χ1) is 9.97. The summed E-state index contributed by atoms with van der Waals surface area (Å²) in [5, 5.41) is 3.41. The van der Waals surface area contributed by atoms with E-state index in [4.69, 9.17) is 4.74 Å². The highest BCUT2D eigenvalue weighted by molar-refractivity contribution is 9.10. The average molecular weight is 348 g/mol. The fraction of sp³-hybridized carbons (Fsp3) is 0.333. The van der Waals surface area contributed by atoms with Crippen molar-refractivity contribution >= 4 is 15.9 Å². The molecule has 1 atom stereocenters. The Hall–Kier alpha value is -1.32. The number of hydrogen-bond acceptors (Lipinski definition) is 2. The highest BCUT2D eigenvalue weighted by Crippen LogP contribution is 2.35. The van der Waals surface area contributed by atoms with Crippen LogP contribution >= 0.6 is 15.9 Å². The molecule has 0 aromatic heterocycles. The van der Waals surface area contributed by atoms with Gasteiger partial charge < -0.3 is 10.1 Å². The Labute approximate surface area is 135 Å². The molecule has 21 heavy (non-hydrogen) atoms. The lowest BCUT2D eigenvalue weighted by Crippen LogP contribution is -2.19. The minimum Gasteiger partial charge on any atom is -0.496 e. The minimum absolute atomic E-state index is 0.107. The molecule has 0 aliphatic carbocycles. The lowest BCUT2D eigenvalue weighted by Gasteiger charge is -2.22. The second kappa shape index (κ2) is 6.63. The Morgan fingerprint density at radius 3 is 2.38 bits per heavy atom. The summed E-state index contributed by atoms with van der Waals surface area (Å²) in [6.45, 7) is 6.33. The van der Waals surface area contributed by atoms with E-state index in [1.807, 2.05) is 7.05 Å². The summed E-state index contributed by atoms with van der Waals surface area (Å²) in [7, 11) is 3.72. The molecule has 2 nitrogen and oxygen atoms in total. The fourth-order valence-electron chi connectivity index (χ4n) is 2.74. The first-order valence-corrected chi connectivity index (χ1v) is 7.85. The van der Waals surface area contributed by atoms with E-state index in [1.54, 1.807) is 7.11 Å². The zero-order chi connectivity index (χ0) is 15.6. The number of ether oxygens (including phenoxy) is 1. The van der Waals surface area contributed by atoms with Gasteiger partial charge in [0, 0.05) is 10.0 Å². The van der Waals surface area contributed by atoms with Gasteiger partial charge in [-0.2, -0.15) is 0 Å². The Balaban J connectivity index is 2.59. The summed E-state index contributed by atoms with van der Waals surface area (Å²) in [4.78, 5) is 0. The lowest BCUT2D eigenvalue weighted by atomic mass is 9.93. The van der Waals surface area contributed by atoms with E-state index in [1.165, 1.54) is 27.8 Å². The number of benzene rings is 2. The van der Waals surface area contributed by atoms with Crippen molar-refractivity contribution in [3.05, 3.63) is 62.6 Å². The van der Waals surface area contributed by atoms with E-state index in [2.05, 4.69) is 72.3 Å². The van der Waals surface area contributed by atoms with Crippen LogP contribution in [0, 0.1) is 20.8 Å². The molecular formula is C18H22BrNO. The van der Waals surface area contributed by atoms with Crippen LogP contribution in [0.3, 0.4) is 0 Å². The zero-order valence-electron chi connectivity index (χ0n) is 13.3. The zero-order valence-corrected chi connectivity index (χ0v) is 14.8. The van der Waals surface area contributed by atoms with Crippen molar-refractivity contribution in [1.29, 1.82) is 0 Å². The molecule has 0 aliphatic heterocycles. The van der Waals surface area contributed by atoms with E-state index in [0.717, 1.165) is 10.2 Å². The van der Waals surface area contributed by atoms with E-state index in [-0.39, 0.29) is 6.04 Å². The van der Waals surface area contributed by atoms with Crippen LogP contribution in [0.4, 0.5) is 0 Å². The summed E-state index contributed by atoms with van der Waals surface area (Å²) in [6.07, 6.45) is 0. The summed E-state index contributed by atoms with van der Waals surface area (Å²) in [5.41, 5.74) is 6.08. The van der Waals surface area contributed by atoms with Gasteiger partial charge in [-0.3, -0.25) is 0 Å². The molecule has 2 aromatic rings. The Morgan fingerprint density at radius 2 is 1.81 bits per heavy atom. The molecule has 2 aromatic carbocycles. The van der Waals surface area contributed by atoms with Crippen LogP contribution < -0.4 is 10.1 Å². The molecule has 1 unspecified atom stereocenters. The Morgan fingerprint density at radius 1 is 1.10 bits per heavy atom. The monoisotopic (exact) mass is 347 g/mol. The number of aryl methyl sites for hydroxylation is 2. The SMILES string of the molecule is CNC(c1cc(C)cc(Br)c1)c1ccc(C)c(C)c1OC. The maximum atomic E-state index is 5.67. The van der Waals surface area contributed by atoms with Crippen LogP contribution in [0.1, 0.15) is 33.9 Å². The van der Waals surface area contributed by atoms with Crippen molar-refractivity contribution in [3.63, 3.8) is 0 Å². The predicted molar refractivity (Wildman–Crippen MR) is 92.2 cm³/mol. The predicted octanol–water partition coefficient (Wildman–Crippen LogP) is 4.69. The first kappa shape index (κ1) is 16.1. The van der Waals surface area contributed by atoms with E-state index in [0.29, 0.717) is 0 Å². The second-order valence-electron chi connectivity index (χ2n) is 5.41. The summed E-state index contributed by atoms with van der Waals surface area (Å²) >= 11 is 3.59. The van der Waals surface area contributed by atoms with Crippen molar-refractivity contribution < 1.29 is 4.74 Å². The van der Waals surface area contributed by atoms with Crippen molar-refractivity contribution in [2.45, 2.75) is 26.8 Å². The molecule has 0 saturated carbocycles. The highest BCUT2D eigenvalue weighted by Gasteiger charge is 2.19. The quantitative estimate of drug-likeness (QED) is 0.865. The number of halogens is 1. The number of methoxy groups -OCH3 is 1. The van der Waals surface area contributed by atoms with Crippen LogP contribution in [0.15, 0.2) is 34.8 Å². The molecule has 112 valence electrons. The van der Waals surface area contributed by atoms with Gasteiger partial charge in [-0.25, -0.2) is 0 Å². The van der Waals surface area contributed by atoms with Gasteiger partial charge in [0.05, 0.1) is 13.2 Å². The van der Waals surface area contributed by atoms with Crippen LogP contribution in [0.25, 0.3) is 0 Å². The molecule has 0 saturated heterocycles.